The molecule has 4 amide bonds. The minimum absolute atomic E-state index is 0.247. The van der Waals surface area contributed by atoms with E-state index < -0.39 is 18.1 Å². The van der Waals surface area contributed by atoms with Gasteiger partial charge in [-0.05, 0) is 41.5 Å². The highest BCUT2D eigenvalue weighted by Gasteiger charge is 2.53. The zero-order chi connectivity index (χ0) is 27.1. The molecule has 0 radical (unpaired) electrons. The van der Waals surface area contributed by atoms with Gasteiger partial charge >= 0.3 is 6.03 Å². The Morgan fingerprint density at radius 1 is 1.03 bits per heavy atom. The number of benzene rings is 3. The summed E-state index contributed by atoms with van der Waals surface area (Å²) in [5, 5.41) is 3.81. The van der Waals surface area contributed by atoms with E-state index >= 15 is 0 Å². The van der Waals surface area contributed by atoms with Gasteiger partial charge in [-0.3, -0.25) is 14.5 Å². The molecule has 2 aliphatic heterocycles. The molecule has 4 aromatic rings. The summed E-state index contributed by atoms with van der Waals surface area (Å²) in [5.74, 6) is -0.0881. The van der Waals surface area contributed by atoms with E-state index in [2.05, 4.69) is 10.3 Å². The van der Waals surface area contributed by atoms with Crippen LogP contribution in [0.15, 0.2) is 72.8 Å². The summed E-state index contributed by atoms with van der Waals surface area (Å²) in [4.78, 5) is 47.5. The first kappa shape index (κ1) is 24.7. The van der Waals surface area contributed by atoms with Gasteiger partial charge in [0, 0.05) is 36.7 Å². The van der Waals surface area contributed by atoms with Gasteiger partial charge in [0.25, 0.3) is 11.8 Å². The lowest BCUT2D eigenvalue weighted by Crippen LogP contribution is -2.44. The predicted octanol–water partition coefficient (Wildman–Crippen LogP) is 4.04. The number of urea groups is 1. The third-order valence-corrected chi connectivity index (χ3v) is 7.44. The average Bonchev–Trinajstić information content (AvgIpc) is 3.46. The van der Waals surface area contributed by atoms with Crippen LogP contribution in [0.5, 0.6) is 5.75 Å². The number of amides is 4. The van der Waals surface area contributed by atoms with Crippen molar-refractivity contribution in [1.82, 2.24) is 15.2 Å². The number of imide groups is 1. The molecule has 1 aromatic heterocycles. The van der Waals surface area contributed by atoms with Crippen molar-refractivity contribution >= 4 is 34.4 Å². The van der Waals surface area contributed by atoms with Gasteiger partial charge in [-0.2, -0.15) is 0 Å². The molecule has 1 fully saturated rings. The minimum Gasteiger partial charge on any atom is -0.497 e. The number of carbonyl (C=O) groups is 3. The summed E-state index contributed by atoms with van der Waals surface area (Å²) >= 11 is 0. The summed E-state index contributed by atoms with van der Waals surface area (Å²) in [6.07, 6.45) is 0.364. The number of rotatable bonds is 7. The van der Waals surface area contributed by atoms with Gasteiger partial charge in [-0.25, -0.2) is 9.69 Å². The Morgan fingerprint density at radius 3 is 2.64 bits per heavy atom. The average molecular weight is 525 g/mol. The number of aromatic nitrogens is 1. The van der Waals surface area contributed by atoms with Gasteiger partial charge in [0.05, 0.1) is 25.0 Å². The molecule has 2 unspecified atom stereocenters. The van der Waals surface area contributed by atoms with Gasteiger partial charge in [0.1, 0.15) is 17.8 Å². The van der Waals surface area contributed by atoms with Crippen LogP contribution in [0.1, 0.15) is 33.2 Å². The van der Waals surface area contributed by atoms with Gasteiger partial charge in [0.2, 0.25) is 0 Å². The SMILES string of the molecule is COCCNC(=O)c1ccccc1N1C(=O)C2Cc3c([nH]c4ccccc34)C(c3cccc(OC)c3)N2C1=O. The van der Waals surface area contributed by atoms with E-state index in [-0.39, 0.29) is 23.1 Å². The van der Waals surface area contributed by atoms with Crippen LogP contribution >= 0.6 is 0 Å². The van der Waals surface area contributed by atoms with Gasteiger partial charge in [-0.15, -0.1) is 0 Å². The zero-order valence-electron chi connectivity index (χ0n) is 21.6. The van der Waals surface area contributed by atoms with E-state index in [0.717, 1.165) is 32.6 Å². The number of H-pyrrole nitrogens is 1. The first-order valence-corrected chi connectivity index (χ1v) is 12.8. The Morgan fingerprint density at radius 2 is 1.82 bits per heavy atom. The van der Waals surface area contributed by atoms with Crippen LogP contribution in [-0.2, 0) is 16.0 Å². The summed E-state index contributed by atoms with van der Waals surface area (Å²) in [6, 6.07) is 20.4. The Kier molecular flexibility index (Phi) is 6.28. The second-order valence-electron chi connectivity index (χ2n) is 9.59. The van der Waals surface area contributed by atoms with Crippen LogP contribution in [0.2, 0.25) is 0 Å². The van der Waals surface area contributed by atoms with Crippen molar-refractivity contribution in [1.29, 1.82) is 0 Å². The predicted molar refractivity (Wildman–Crippen MR) is 146 cm³/mol. The highest BCUT2D eigenvalue weighted by Crippen LogP contribution is 2.45. The van der Waals surface area contributed by atoms with Crippen LogP contribution < -0.4 is 15.0 Å². The van der Waals surface area contributed by atoms with Crippen molar-refractivity contribution in [3.8, 4) is 5.75 Å². The Bertz CT molecular complexity index is 1600. The van der Waals surface area contributed by atoms with Crippen LogP contribution in [0, 0.1) is 0 Å². The number of nitrogens with zero attached hydrogens (tertiary/aromatic N) is 2. The fourth-order valence-corrected chi connectivity index (χ4v) is 5.68. The monoisotopic (exact) mass is 524 g/mol. The number of hydrogen-bond acceptors (Lipinski definition) is 5. The largest absolute Gasteiger partial charge is 0.497 e. The van der Waals surface area contributed by atoms with E-state index in [9.17, 15) is 14.4 Å². The summed E-state index contributed by atoms with van der Waals surface area (Å²) in [7, 11) is 3.15. The maximum atomic E-state index is 14.2. The molecule has 3 heterocycles. The van der Waals surface area contributed by atoms with Crippen LogP contribution in [-0.4, -0.2) is 61.1 Å². The van der Waals surface area contributed by atoms with Gasteiger partial charge in [0.15, 0.2) is 0 Å². The summed E-state index contributed by atoms with van der Waals surface area (Å²) < 4.78 is 10.5. The number of fused-ring (bicyclic) bond motifs is 4. The summed E-state index contributed by atoms with van der Waals surface area (Å²) in [5.41, 5.74) is 4.15. The van der Waals surface area contributed by atoms with Gasteiger partial charge < -0.3 is 19.8 Å². The van der Waals surface area contributed by atoms with E-state index in [1.807, 2.05) is 48.5 Å². The molecule has 39 heavy (non-hydrogen) atoms. The second-order valence-corrected chi connectivity index (χ2v) is 9.59. The number of methoxy groups -OCH3 is 2. The maximum absolute atomic E-state index is 14.2. The molecule has 198 valence electrons. The third kappa shape index (κ3) is 4.02. The van der Waals surface area contributed by atoms with E-state index in [1.54, 1.807) is 43.4 Å². The van der Waals surface area contributed by atoms with Crippen molar-refractivity contribution in [3.05, 3.63) is 95.2 Å². The smallest absolute Gasteiger partial charge is 0.332 e. The Labute approximate surface area is 225 Å². The maximum Gasteiger partial charge on any atom is 0.332 e. The number of hydrogen-bond donors (Lipinski definition) is 2. The molecular formula is C30H28N4O5. The molecule has 6 rings (SSSR count). The lowest BCUT2D eigenvalue weighted by Gasteiger charge is -2.36. The fraction of sp³-hybridized carbons (Fsp3) is 0.233. The molecular weight excluding hydrogens is 496 g/mol. The molecule has 9 heteroatoms. The zero-order valence-corrected chi connectivity index (χ0v) is 21.6. The lowest BCUT2D eigenvalue weighted by atomic mass is 9.89. The van der Waals surface area contributed by atoms with Crippen molar-refractivity contribution in [2.24, 2.45) is 0 Å². The number of nitrogens with one attached hydrogen (secondary N) is 2. The molecule has 0 saturated carbocycles. The molecule has 3 aromatic carbocycles. The Hall–Kier alpha value is -4.63. The quantitative estimate of drug-likeness (QED) is 0.281. The molecule has 2 aliphatic rings. The van der Waals surface area contributed by atoms with Crippen LogP contribution in [0.25, 0.3) is 10.9 Å². The highest BCUT2D eigenvalue weighted by atomic mass is 16.5. The molecule has 1 saturated heterocycles. The first-order chi connectivity index (χ1) is 19.0. The highest BCUT2D eigenvalue weighted by molar-refractivity contribution is 6.24. The van der Waals surface area contributed by atoms with E-state index in [0.29, 0.717) is 25.3 Å². The Balaban J connectivity index is 1.46. The van der Waals surface area contributed by atoms with Gasteiger partial charge in [-0.1, -0.05) is 42.5 Å². The topological polar surface area (TPSA) is 104 Å². The molecule has 0 spiro atoms. The van der Waals surface area contributed by atoms with Crippen LogP contribution in [0.4, 0.5) is 10.5 Å². The number of carbonyl (C=O) groups excluding carboxylic acids is 3. The summed E-state index contributed by atoms with van der Waals surface area (Å²) in [6.45, 7) is 0.652. The number of ether oxygens (including phenoxy) is 2. The molecule has 0 aliphatic carbocycles. The molecule has 0 bridgehead atoms. The van der Waals surface area contributed by atoms with Crippen molar-refractivity contribution in [2.75, 3.05) is 32.3 Å². The van der Waals surface area contributed by atoms with E-state index in [1.165, 1.54) is 0 Å². The standard InChI is InChI=1S/C30H28N4O5/c1-38-15-14-31-28(35)21-11-4-6-13-24(21)34-29(36)25-17-22-20-10-3-5-12-23(20)32-26(22)27(33(25)30(34)37)18-8-7-9-19(16-18)39-2/h3-13,16,25,27,32H,14-15,17H2,1-2H3,(H,31,35). The van der Waals surface area contributed by atoms with Crippen LogP contribution in [0.3, 0.4) is 0 Å². The van der Waals surface area contributed by atoms with Crippen molar-refractivity contribution < 1.29 is 23.9 Å². The molecule has 2 N–H and O–H groups in total. The van der Waals surface area contributed by atoms with Crippen molar-refractivity contribution in [2.45, 2.75) is 18.5 Å². The third-order valence-electron chi connectivity index (χ3n) is 7.44. The first-order valence-electron chi connectivity index (χ1n) is 12.8. The van der Waals surface area contributed by atoms with Crippen molar-refractivity contribution in [3.63, 3.8) is 0 Å². The normalized spacial score (nSPS) is 18.3. The number of para-hydroxylation sites is 2. The minimum atomic E-state index is -0.731. The number of aromatic amines is 1. The van der Waals surface area contributed by atoms with E-state index in [4.69, 9.17) is 9.47 Å². The molecule has 2 atom stereocenters. The molecule has 9 nitrogen and oxygen atoms in total. The lowest BCUT2D eigenvalue weighted by molar-refractivity contribution is -0.120. The second kappa shape index (κ2) is 9.92. The number of anilines is 1. The fourth-order valence-electron chi connectivity index (χ4n) is 5.68.